The molecule has 0 aliphatic carbocycles. The lowest BCUT2D eigenvalue weighted by atomic mass is 9.82. The molecule has 0 saturated carbocycles. The van der Waals surface area contributed by atoms with Crippen molar-refractivity contribution in [1.29, 1.82) is 0 Å². The molecule has 64 valence electrons. The fourth-order valence-corrected chi connectivity index (χ4v) is 3.48. The van der Waals surface area contributed by atoms with Gasteiger partial charge in [0.05, 0.1) is 0 Å². The third-order valence-electron chi connectivity index (χ3n) is 2.90. The van der Waals surface area contributed by atoms with Gasteiger partial charge in [-0.2, -0.15) is 0 Å². The number of rotatable bonds is 1. The lowest BCUT2D eigenvalue weighted by molar-refractivity contribution is -0.526. The number of hydrogen-bond donors (Lipinski definition) is 0. The van der Waals surface area contributed by atoms with Crippen LogP contribution in [0.5, 0.6) is 0 Å². The van der Waals surface area contributed by atoms with Crippen molar-refractivity contribution in [2.45, 2.75) is 37.7 Å². The molecule has 0 radical (unpaired) electrons. The predicted octanol–water partition coefficient (Wildman–Crippen LogP) is 2.20. The summed E-state index contributed by atoms with van der Waals surface area (Å²) >= 11 is 1.87. The molecular formula is C8H14O2S. The van der Waals surface area contributed by atoms with Gasteiger partial charge in [0, 0.05) is 0 Å². The number of hydrogen-bond acceptors (Lipinski definition) is 3. The maximum Gasteiger partial charge on any atom is 0.178 e. The first-order chi connectivity index (χ1) is 5.11. The topological polar surface area (TPSA) is 18.5 Å². The third kappa shape index (κ3) is 0.767. The van der Waals surface area contributed by atoms with Gasteiger partial charge >= 0.3 is 0 Å². The van der Waals surface area contributed by atoms with Gasteiger partial charge in [-0.25, -0.2) is 9.78 Å². The van der Waals surface area contributed by atoms with Crippen LogP contribution in [-0.2, 0) is 9.78 Å². The number of thioether (sulfide) groups is 1. The summed E-state index contributed by atoms with van der Waals surface area (Å²) in [6, 6.07) is 0. The van der Waals surface area contributed by atoms with Crippen molar-refractivity contribution in [2.75, 3.05) is 5.75 Å². The Morgan fingerprint density at radius 1 is 1.36 bits per heavy atom. The third-order valence-corrected chi connectivity index (χ3v) is 4.27. The molecule has 0 amide bonds. The predicted molar refractivity (Wildman–Crippen MR) is 45.2 cm³/mol. The van der Waals surface area contributed by atoms with E-state index in [1.165, 1.54) is 0 Å². The van der Waals surface area contributed by atoms with Crippen molar-refractivity contribution >= 4 is 11.8 Å². The zero-order valence-electron chi connectivity index (χ0n) is 7.22. The van der Waals surface area contributed by atoms with E-state index in [1.54, 1.807) is 0 Å². The summed E-state index contributed by atoms with van der Waals surface area (Å²) in [6.45, 7) is 6.54. The summed E-state index contributed by atoms with van der Waals surface area (Å²) in [5, 5.41) is 0. The summed E-state index contributed by atoms with van der Waals surface area (Å²) < 4.78 is 0. The van der Waals surface area contributed by atoms with Gasteiger partial charge in [-0.15, -0.1) is 11.8 Å². The fourth-order valence-electron chi connectivity index (χ4n) is 1.99. The Bertz CT molecular complexity index is 183. The molecule has 2 fully saturated rings. The van der Waals surface area contributed by atoms with E-state index in [1.807, 2.05) is 11.8 Å². The minimum absolute atomic E-state index is 0.0116. The van der Waals surface area contributed by atoms with Crippen molar-refractivity contribution < 1.29 is 9.78 Å². The quantitative estimate of drug-likeness (QED) is 0.568. The van der Waals surface area contributed by atoms with Crippen LogP contribution in [0.3, 0.4) is 0 Å². The maximum atomic E-state index is 5.29. The Kier molecular flexibility index (Phi) is 1.54. The molecule has 3 heteroatoms. The van der Waals surface area contributed by atoms with Crippen LogP contribution in [0.15, 0.2) is 0 Å². The van der Waals surface area contributed by atoms with Crippen molar-refractivity contribution in [3.63, 3.8) is 0 Å². The van der Waals surface area contributed by atoms with Crippen LogP contribution in [0.25, 0.3) is 0 Å². The monoisotopic (exact) mass is 174 g/mol. The second kappa shape index (κ2) is 2.15. The van der Waals surface area contributed by atoms with Crippen molar-refractivity contribution in [2.24, 2.45) is 5.92 Å². The van der Waals surface area contributed by atoms with Crippen LogP contribution >= 0.6 is 11.8 Å². The van der Waals surface area contributed by atoms with E-state index in [0.29, 0.717) is 5.92 Å². The highest BCUT2D eigenvalue weighted by Crippen LogP contribution is 2.59. The summed E-state index contributed by atoms with van der Waals surface area (Å²) in [6.07, 6.45) is 1.13. The molecule has 0 N–H and O–H groups in total. The average molecular weight is 174 g/mol. The van der Waals surface area contributed by atoms with E-state index in [9.17, 15) is 0 Å². The summed E-state index contributed by atoms with van der Waals surface area (Å²) in [7, 11) is 0. The van der Waals surface area contributed by atoms with Crippen LogP contribution in [0.1, 0.15) is 27.2 Å². The maximum absolute atomic E-state index is 5.29. The highest BCUT2D eigenvalue weighted by atomic mass is 32.2. The molecule has 2 aliphatic rings. The van der Waals surface area contributed by atoms with E-state index in [0.717, 1.165) is 12.2 Å². The molecular weight excluding hydrogens is 160 g/mol. The molecule has 2 saturated heterocycles. The van der Waals surface area contributed by atoms with Crippen LogP contribution in [-0.4, -0.2) is 16.3 Å². The molecule has 2 unspecified atom stereocenters. The molecule has 11 heavy (non-hydrogen) atoms. The lowest BCUT2D eigenvalue weighted by Gasteiger charge is -2.51. The number of fused-ring (bicyclic) bond motifs is 1. The minimum Gasteiger partial charge on any atom is -0.224 e. The lowest BCUT2D eigenvalue weighted by Crippen LogP contribution is -2.63. The molecule has 2 aliphatic heterocycles. The average Bonchev–Trinajstić information content (AvgIpc) is 2.13. The minimum atomic E-state index is -0.0544. The van der Waals surface area contributed by atoms with Crippen LogP contribution in [0, 0.1) is 5.92 Å². The molecule has 0 aromatic carbocycles. The van der Waals surface area contributed by atoms with Crippen molar-refractivity contribution in [3.8, 4) is 0 Å². The highest BCUT2D eigenvalue weighted by molar-refractivity contribution is 8.00. The highest BCUT2D eigenvalue weighted by Gasteiger charge is 2.66. The van der Waals surface area contributed by atoms with E-state index in [-0.39, 0.29) is 10.5 Å². The van der Waals surface area contributed by atoms with E-state index >= 15 is 0 Å². The molecule has 0 aromatic rings. The molecule has 2 atom stereocenters. The molecule has 2 heterocycles. The molecule has 2 rings (SSSR count). The first-order valence-corrected chi connectivity index (χ1v) is 5.10. The Morgan fingerprint density at radius 3 is 2.36 bits per heavy atom. The molecule has 2 nitrogen and oxygen atoms in total. The van der Waals surface area contributed by atoms with Crippen molar-refractivity contribution in [3.05, 3.63) is 0 Å². The Morgan fingerprint density at radius 2 is 2.09 bits per heavy atom. The van der Waals surface area contributed by atoms with Gasteiger partial charge in [0.1, 0.15) is 5.60 Å². The summed E-state index contributed by atoms with van der Waals surface area (Å²) in [4.78, 5) is 10.4. The van der Waals surface area contributed by atoms with E-state index < -0.39 is 0 Å². The summed E-state index contributed by atoms with van der Waals surface area (Å²) in [5.74, 6) is 1.71. The Labute approximate surface area is 71.6 Å². The largest absolute Gasteiger partial charge is 0.224 e. The Balaban J connectivity index is 2.25. The molecule has 0 aromatic heterocycles. The normalized spacial score (nSPS) is 49.1. The van der Waals surface area contributed by atoms with E-state index in [2.05, 4.69) is 20.8 Å². The van der Waals surface area contributed by atoms with Gasteiger partial charge in [-0.3, -0.25) is 0 Å². The van der Waals surface area contributed by atoms with Crippen molar-refractivity contribution in [1.82, 2.24) is 0 Å². The summed E-state index contributed by atoms with van der Waals surface area (Å²) in [5.41, 5.74) is 0.0116. The SMILES string of the molecule is CC(C)C12CCSC1(C)OO2. The second-order valence-electron chi connectivity index (χ2n) is 3.76. The van der Waals surface area contributed by atoms with Crippen LogP contribution in [0.2, 0.25) is 0 Å². The van der Waals surface area contributed by atoms with Gasteiger partial charge in [0.15, 0.2) is 4.93 Å². The van der Waals surface area contributed by atoms with Gasteiger partial charge in [-0.05, 0) is 25.0 Å². The standard InChI is InChI=1S/C8H14O2S/c1-6(2)8-4-5-11-7(8,3)9-10-8/h6H,4-5H2,1-3H3. The van der Waals surface area contributed by atoms with Crippen LogP contribution < -0.4 is 0 Å². The first kappa shape index (κ1) is 7.90. The van der Waals surface area contributed by atoms with Gasteiger partial charge in [0.25, 0.3) is 0 Å². The smallest absolute Gasteiger partial charge is 0.178 e. The molecule has 0 spiro atoms. The van der Waals surface area contributed by atoms with E-state index in [4.69, 9.17) is 9.78 Å². The second-order valence-corrected chi connectivity index (χ2v) is 5.23. The fraction of sp³-hybridized carbons (Fsp3) is 1.00. The van der Waals surface area contributed by atoms with Crippen LogP contribution in [0.4, 0.5) is 0 Å². The zero-order valence-corrected chi connectivity index (χ0v) is 8.03. The van der Waals surface area contributed by atoms with Gasteiger partial charge < -0.3 is 0 Å². The van der Waals surface area contributed by atoms with Gasteiger partial charge in [0.2, 0.25) is 0 Å². The Hall–Kier alpha value is 0.270. The van der Waals surface area contributed by atoms with Gasteiger partial charge in [-0.1, -0.05) is 13.8 Å². The first-order valence-electron chi connectivity index (χ1n) is 4.11. The zero-order chi connectivity index (χ0) is 8.11. The molecule has 0 bridgehead atoms.